The van der Waals surface area contributed by atoms with E-state index in [-0.39, 0.29) is 0 Å². The summed E-state index contributed by atoms with van der Waals surface area (Å²) in [4.78, 5) is 8.44. The van der Waals surface area contributed by atoms with Gasteiger partial charge >= 0.3 is 0 Å². The van der Waals surface area contributed by atoms with E-state index in [0.29, 0.717) is 0 Å². The summed E-state index contributed by atoms with van der Waals surface area (Å²) < 4.78 is 2.22. The lowest BCUT2D eigenvalue weighted by atomic mass is 10.2. The molecule has 0 atom stereocenters. The molecule has 0 radical (unpaired) electrons. The summed E-state index contributed by atoms with van der Waals surface area (Å²) in [6.07, 6.45) is 7.04. The number of thiazole rings is 1. The summed E-state index contributed by atoms with van der Waals surface area (Å²) in [6, 6.07) is 0. The molecular formula is C15H26N4S. The Labute approximate surface area is 125 Å². The van der Waals surface area contributed by atoms with Gasteiger partial charge in [-0.3, -0.25) is 4.40 Å². The molecule has 0 aliphatic heterocycles. The Bertz CT molecular complexity index is 509. The molecule has 4 nitrogen and oxygen atoms in total. The van der Waals surface area contributed by atoms with E-state index >= 15 is 0 Å². The summed E-state index contributed by atoms with van der Waals surface area (Å²) in [5.41, 5.74) is 1.29. The highest BCUT2D eigenvalue weighted by molar-refractivity contribution is 7.15. The molecule has 2 rings (SSSR count). The van der Waals surface area contributed by atoms with Crippen LogP contribution in [-0.2, 0) is 6.54 Å². The van der Waals surface area contributed by atoms with Crippen molar-refractivity contribution in [3.05, 3.63) is 17.3 Å². The largest absolute Gasteiger partial charge is 0.355 e. The molecule has 2 aromatic rings. The van der Waals surface area contributed by atoms with Crippen LogP contribution in [0.25, 0.3) is 4.96 Å². The van der Waals surface area contributed by atoms with E-state index in [0.717, 1.165) is 24.6 Å². The SMILES string of the molecule is CCCCN(CCCC)c1nc2sccn2c1CNC. The average Bonchev–Trinajstić information content (AvgIpc) is 3.02. The molecule has 0 bridgehead atoms. The number of imidazole rings is 1. The van der Waals surface area contributed by atoms with Gasteiger partial charge in [0.2, 0.25) is 0 Å². The number of fused-ring (bicyclic) bond motifs is 1. The Morgan fingerprint density at radius 2 is 1.95 bits per heavy atom. The van der Waals surface area contributed by atoms with E-state index in [1.54, 1.807) is 11.3 Å². The Morgan fingerprint density at radius 3 is 2.55 bits per heavy atom. The Balaban J connectivity index is 2.29. The molecule has 2 aromatic heterocycles. The molecule has 20 heavy (non-hydrogen) atoms. The Hall–Kier alpha value is -1.07. The molecule has 1 N–H and O–H groups in total. The monoisotopic (exact) mass is 294 g/mol. The molecule has 2 heterocycles. The molecule has 5 heteroatoms. The number of hydrogen-bond acceptors (Lipinski definition) is 4. The van der Waals surface area contributed by atoms with Gasteiger partial charge in [-0.25, -0.2) is 4.98 Å². The average molecular weight is 294 g/mol. The molecular weight excluding hydrogens is 268 g/mol. The molecule has 0 saturated heterocycles. The number of hydrogen-bond donors (Lipinski definition) is 1. The minimum absolute atomic E-state index is 0.863. The van der Waals surface area contributed by atoms with Crippen molar-refractivity contribution in [2.24, 2.45) is 0 Å². The van der Waals surface area contributed by atoms with Gasteiger partial charge in [0, 0.05) is 31.2 Å². The number of unbranched alkanes of at least 4 members (excludes halogenated alkanes) is 2. The number of aromatic nitrogens is 2. The third-order valence-corrected chi connectivity index (χ3v) is 4.30. The highest BCUT2D eigenvalue weighted by Gasteiger charge is 2.17. The van der Waals surface area contributed by atoms with Crippen LogP contribution in [0.4, 0.5) is 5.82 Å². The lowest BCUT2D eigenvalue weighted by molar-refractivity contribution is 0.665. The molecule has 0 saturated carbocycles. The normalized spacial score (nSPS) is 11.3. The van der Waals surface area contributed by atoms with Crippen molar-refractivity contribution in [2.75, 3.05) is 25.0 Å². The Morgan fingerprint density at radius 1 is 1.25 bits per heavy atom. The van der Waals surface area contributed by atoms with Gasteiger partial charge in [-0.2, -0.15) is 0 Å². The third-order valence-electron chi connectivity index (χ3n) is 3.55. The second-order valence-electron chi connectivity index (χ2n) is 5.16. The van der Waals surface area contributed by atoms with Crippen LogP contribution < -0.4 is 10.2 Å². The van der Waals surface area contributed by atoms with Crippen LogP contribution in [0.3, 0.4) is 0 Å². The van der Waals surface area contributed by atoms with Gasteiger partial charge in [-0.1, -0.05) is 26.7 Å². The van der Waals surface area contributed by atoms with E-state index in [4.69, 9.17) is 4.98 Å². The summed E-state index contributed by atoms with van der Waals surface area (Å²) in [5.74, 6) is 1.17. The smallest absolute Gasteiger partial charge is 0.195 e. The van der Waals surface area contributed by atoms with E-state index < -0.39 is 0 Å². The number of rotatable bonds is 9. The molecule has 0 fully saturated rings. The lowest BCUT2D eigenvalue weighted by Crippen LogP contribution is -2.27. The first-order valence-corrected chi connectivity index (χ1v) is 8.53. The first-order chi connectivity index (χ1) is 9.81. The van der Waals surface area contributed by atoms with Gasteiger partial charge in [0.05, 0.1) is 5.69 Å². The maximum absolute atomic E-state index is 4.86. The zero-order valence-electron chi connectivity index (χ0n) is 12.9. The van der Waals surface area contributed by atoms with Gasteiger partial charge in [0.1, 0.15) is 0 Å². The fraction of sp³-hybridized carbons (Fsp3) is 0.667. The molecule has 0 aliphatic carbocycles. The second-order valence-corrected chi connectivity index (χ2v) is 6.04. The van der Waals surface area contributed by atoms with E-state index in [9.17, 15) is 0 Å². The molecule has 0 amide bonds. The highest BCUT2D eigenvalue weighted by atomic mass is 32.1. The van der Waals surface area contributed by atoms with Crippen LogP contribution >= 0.6 is 11.3 Å². The van der Waals surface area contributed by atoms with Crippen LogP contribution in [0.5, 0.6) is 0 Å². The molecule has 0 unspecified atom stereocenters. The lowest BCUT2D eigenvalue weighted by Gasteiger charge is -2.23. The molecule has 112 valence electrons. The van der Waals surface area contributed by atoms with Gasteiger partial charge in [0.15, 0.2) is 10.8 Å². The number of nitrogens with one attached hydrogen (secondary N) is 1. The van der Waals surface area contributed by atoms with Crippen molar-refractivity contribution in [2.45, 2.75) is 46.1 Å². The van der Waals surface area contributed by atoms with Crippen molar-refractivity contribution in [1.29, 1.82) is 0 Å². The predicted octanol–water partition coefficient (Wildman–Crippen LogP) is 3.52. The maximum atomic E-state index is 4.86. The zero-order valence-corrected chi connectivity index (χ0v) is 13.7. The summed E-state index contributed by atoms with van der Waals surface area (Å²) in [5, 5.41) is 5.38. The zero-order chi connectivity index (χ0) is 14.4. The van der Waals surface area contributed by atoms with Crippen LogP contribution in [0, 0.1) is 0 Å². The Kier molecular flexibility index (Phi) is 5.86. The third kappa shape index (κ3) is 3.33. The van der Waals surface area contributed by atoms with Gasteiger partial charge in [-0.05, 0) is 19.9 Å². The van der Waals surface area contributed by atoms with Crippen LogP contribution in [0.2, 0.25) is 0 Å². The van der Waals surface area contributed by atoms with Crippen molar-refractivity contribution in [1.82, 2.24) is 14.7 Å². The van der Waals surface area contributed by atoms with Crippen molar-refractivity contribution in [3.8, 4) is 0 Å². The van der Waals surface area contributed by atoms with E-state index in [1.165, 1.54) is 37.2 Å². The minimum atomic E-state index is 0.863. The van der Waals surface area contributed by atoms with Crippen LogP contribution in [-0.4, -0.2) is 29.5 Å². The summed E-state index contributed by atoms with van der Waals surface area (Å²) >= 11 is 1.71. The van der Waals surface area contributed by atoms with E-state index in [2.05, 4.69) is 40.0 Å². The van der Waals surface area contributed by atoms with Crippen molar-refractivity contribution < 1.29 is 0 Å². The second kappa shape index (κ2) is 7.64. The van der Waals surface area contributed by atoms with Gasteiger partial charge < -0.3 is 10.2 Å². The maximum Gasteiger partial charge on any atom is 0.195 e. The standard InChI is InChI=1S/C15H26N4S/c1-4-6-8-18(9-7-5-2)14-13(12-16-3)19-10-11-20-15(19)17-14/h10-11,16H,4-9,12H2,1-3H3. The summed E-state index contributed by atoms with van der Waals surface area (Å²) in [7, 11) is 2.00. The molecule has 0 spiro atoms. The molecule has 0 aromatic carbocycles. The van der Waals surface area contributed by atoms with E-state index in [1.807, 2.05) is 7.05 Å². The fourth-order valence-electron chi connectivity index (χ4n) is 2.43. The first-order valence-electron chi connectivity index (χ1n) is 7.65. The highest BCUT2D eigenvalue weighted by Crippen LogP contribution is 2.25. The fourth-order valence-corrected chi connectivity index (χ4v) is 3.16. The summed E-state index contributed by atoms with van der Waals surface area (Å²) in [6.45, 7) is 7.58. The van der Waals surface area contributed by atoms with Gasteiger partial charge in [0.25, 0.3) is 0 Å². The quantitative estimate of drug-likeness (QED) is 0.768. The number of nitrogens with zero attached hydrogens (tertiary/aromatic N) is 3. The molecule has 0 aliphatic rings. The topological polar surface area (TPSA) is 32.6 Å². The van der Waals surface area contributed by atoms with Gasteiger partial charge in [-0.15, -0.1) is 11.3 Å². The predicted molar refractivity (Wildman–Crippen MR) is 87.9 cm³/mol. The number of anilines is 1. The first kappa shape index (κ1) is 15.3. The van der Waals surface area contributed by atoms with Crippen molar-refractivity contribution >= 4 is 22.1 Å². The van der Waals surface area contributed by atoms with Crippen molar-refractivity contribution in [3.63, 3.8) is 0 Å². The van der Waals surface area contributed by atoms with Crippen LogP contribution in [0.1, 0.15) is 45.2 Å². The van der Waals surface area contributed by atoms with Crippen LogP contribution in [0.15, 0.2) is 11.6 Å². The minimum Gasteiger partial charge on any atom is -0.355 e.